The van der Waals surface area contributed by atoms with Gasteiger partial charge < -0.3 is 19.1 Å². The molecule has 3 aromatic rings. The summed E-state index contributed by atoms with van der Waals surface area (Å²) in [7, 11) is 0. The highest BCUT2D eigenvalue weighted by atomic mass is 16.5. The fraction of sp³-hybridized carbons (Fsp3) is 0.438. The standard InChI is InChI=1S/C32H43N3O3/c1-5-7-19-34(32(37)25-38-24-28-15-9-8-10-16-28)23-31(36)35(27(4)6-2)22-30-18-13-20-33(30)21-29-17-12-11-14-26(29)3/h8-18,20,27H,5-7,19,21-25H2,1-4H3. The third-order valence-corrected chi connectivity index (χ3v) is 7.10. The van der Waals surface area contributed by atoms with Gasteiger partial charge in [-0.05, 0) is 55.5 Å². The second kappa shape index (κ2) is 15.1. The van der Waals surface area contributed by atoms with Crippen LogP contribution in [0, 0.1) is 6.92 Å². The Labute approximate surface area is 228 Å². The van der Waals surface area contributed by atoms with Crippen LogP contribution in [-0.4, -0.2) is 51.9 Å². The van der Waals surface area contributed by atoms with E-state index in [-0.39, 0.29) is 31.0 Å². The number of amides is 2. The number of nitrogens with zero attached hydrogens (tertiary/aromatic N) is 3. The quantitative estimate of drug-likeness (QED) is 0.255. The molecule has 0 N–H and O–H groups in total. The molecule has 0 fully saturated rings. The lowest BCUT2D eigenvalue weighted by atomic mass is 10.1. The third-order valence-electron chi connectivity index (χ3n) is 7.10. The Kier molecular flexibility index (Phi) is 11.6. The molecule has 38 heavy (non-hydrogen) atoms. The van der Waals surface area contributed by atoms with Crippen LogP contribution in [0.5, 0.6) is 0 Å². The van der Waals surface area contributed by atoms with Crippen LogP contribution in [0.2, 0.25) is 0 Å². The number of rotatable bonds is 15. The minimum Gasteiger partial charge on any atom is -0.367 e. The predicted octanol–water partition coefficient (Wildman–Crippen LogP) is 5.82. The molecule has 1 heterocycles. The molecule has 1 aromatic heterocycles. The first kappa shape index (κ1) is 29.2. The van der Waals surface area contributed by atoms with Gasteiger partial charge in [-0.3, -0.25) is 9.59 Å². The highest BCUT2D eigenvalue weighted by Crippen LogP contribution is 2.16. The number of carbonyl (C=O) groups is 2. The van der Waals surface area contributed by atoms with Crippen molar-refractivity contribution in [2.45, 2.75) is 72.7 Å². The molecule has 1 atom stereocenters. The highest BCUT2D eigenvalue weighted by molar-refractivity contribution is 5.85. The van der Waals surface area contributed by atoms with Crippen LogP contribution in [0.15, 0.2) is 72.9 Å². The van der Waals surface area contributed by atoms with Gasteiger partial charge in [0.25, 0.3) is 0 Å². The van der Waals surface area contributed by atoms with Gasteiger partial charge in [0, 0.05) is 31.0 Å². The average Bonchev–Trinajstić information content (AvgIpc) is 3.37. The maximum Gasteiger partial charge on any atom is 0.249 e. The summed E-state index contributed by atoms with van der Waals surface area (Å²) < 4.78 is 7.91. The Balaban J connectivity index is 1.68. The van der Waals surface area contributed by atoms with Gasteiger partial charge in [-0.25, -0.2) is 0 Å². The topological polar surface area (TPSA) is 54.8 Å². The summed E-state index contributed by atoms with van der Waals surface area (Å²) in [6.45, 7) is 10.6. The predicted molar refractivity (Wildman–Crippen MR) is 153 cm³/mol. The maximum absolute atomic E-state index is 13.6. The van der Waals surface area contributed by atoms with Crippen LogP contribution in [0.3, 0.4) is 0 Å². The zero-order valence-electron chi connectivity index (χ0n) is 23.4. The fourth-order valence-corrected chi connectivity index (χ4v) is 4.42. The molecule has 1 unspecified atom stereocenters. The summed E-state index contributed by atoms with van der Waals surface area (Å²) in [5, 5.41) is 0. The zero-order valence-corrected chi connectivity index (χ0v) is 23.4. The van der Waals surface area contributed by atoms with Crippen molar-refractivity contribution in [1.82, 2.24) is 14.4 Å². The Morgan fingerprint density at radius 2 is 1.68 bits per heavy atom. The van der Waals surface area contributed by atoms with Crippen molar-refractivity contribution in [3.63, 3.8) is 0 Å². The van der Waals surface area contributed by atoms with Gasteiger partial charge in [-0.1, -0.05) is 74.9 Å². The largest absolute Gasteiger partial charge is 0.367 e. The molecule has 3 rings (SSSR count). The summed E-state index contributed by atoms with van der Waals surface area (Å²) in [6.07, 6.45) is 4.71. The van der Waals surface area contributed by atoms with Crippen LogP contribution >= 0.6 is 0 Å². The van der Waals surface area contributed by atoms with Crippen molar-refractivity contribution >= 4 is 11.8 Å². The number of aryl methyl sites for hydroxylation is 1. The van der Waals surface area contributed by atoms with Crippen LogP contribution in [0.1, 0.15) is 62.4 Å². The van der Waals surface area contributed by atoms with E-state index in [0.29, 0.717) is 19.7 Å². The monoisotopic (exact) mass is 517 g/mol. The molecule has 0 saturated heterocycles. The van der Waals surface area contributed by atoms with Gasteiger partial charge in [0.05, 0.1) is 19.7 Å². The van der Waals surface area contributed by atoms with E-state index in [1.54, 1.807) is 4.90 Å². The molecule has 2 aromatic carbocycles. The highest BCUT2D eigenvalue weighted by Gasteiger charge is 2.25. The third kappa shape index (κ3) is 8.59. The van der Waals surface area contributed by atoms with E-state index >= 15 is 0 Å². The van der Waals surface area contributed by atoms with Crippen molar-refractivity contribution in [3.8, 4) is 0 Å². The molecule has 204 valence electrons. The first-order valence-electron chi connectivity index (χ1n) is 13.8. The lowest BCUT2D eigenvalue weighted by Gasteiger charge is -2.32. The summed E-state index contributed by atoms with van der Waals surface area (Å²) in [5.41, 5.74) is 4.62. The Morgan fingerprint density at radius 3 is 2.39 bits per heavy atom. The average molecular weight is 518 g/mol. The first-order valence-corrected chi connectivity index (χ1v) is 13.8. The van der Waals surface area contributed by atoms with Crippen LogP contribution < -0.4 is 0 Å². The SMILES string of the molecule is CCCCN(CC(=O)N(Cc1cccn1Cc1ccccc1C)C(C)CC)C(=O)COCc1ccccc1. The molecular formula is C32H43N3O3. The van der Waals surface area contributed by atoms with Gasteiger partial charge >= 0.3 is 0 Å². The molecule has 0 bridgehead atoms. The number of unbranched alkanes of at least 4 members (excludes halogenated alkanes) is 1. The van der Waals surface area contributed by atoms with Crippen LogP contribution in [0.25, 0.3) is 0 Å². The van der Waals surface area contributed by atoms with Gasteiger partial charge in [0.1, 0.15) is 6.61 Å². The number of ether oxygens (including phenoxy) is 1. The smallest absolute Gasteiger partial charge is 0.249 e. The van der Waals surface area contributed by atoms with Gasteiger partial charge in [0.2, 0.25) is 11.8 Å². The van der Waals surface area contributed by atoms with Crippen molar-refractivity contribution in [2.75, 3.05) is 19.7 Å². The minimum absolute atomic E-state index is 0.0319. The lowest BCUT2D eigenvalue weighted by Crippen LogP contribution is -2.47. The summed E-state index contributed by atoms with van der Waals surface area (Å²) in [6, 6.07) is 22.4. The lowest BCUT2D eigenvalue weighted by molar-refractivity contribution is -0.145. The summed E-state index contributed by atoms with van der Waals surface area (Å²) in [4.78, 5) is 30.3. The Bertz CT molecular complexity index is 1140. The van der Waals surface area contributed by atoms with Gasteiger partial charge in [-0.15, -0.1) is 0 Å². The molecule has 0 aliphatic heterocycles. The van der Waals surface area contributed by atoms with Crippen molar-refractivity contribution in [3.05, 3.63) is 95.3 Å². The molecule has 0 spiro atoms. The maximum atomic E-state index is 13.6. The Morgan fingerprint density at radius 1 is 0.947 bits per heavy atom. The minimum atomic E-state index is -0.144. The fourth-order valence-electron chi connectivity index (χ4n) is 4.42. The molecule has 6 nitrogen and oxygen atoms in total. The molecular weight excluding hydrogens is 474 g/mol. The molecule has 0 radical (unpaired) electrons. The number of hydrogen-bond acceptors (Lipinski definition) is 3. The van der Waals surface area contributed by atoms with E-state index in [1.165, 1.54) is 11.1 Å². The molecule has 0 saturated carbocycles. The van der Waals surface area contributed by atoms with Crippen LogP contribution in [0.4, 0.5) is 0 Å². The number of benzene rings is 2. The van der Waals surface area contributed by atoms with E-state index < -0.39 is 0 Å². The van der Waals surface area contributed by atoms with E-state index in [2.05, 4.69) is 68.8 Å². The first-order chi connectivity index (χ1) is 18.4. The second-order valence-electron chi connectivity index (χ2n) is 9.98. The van der Waals surface area contributed by atoms with E-state index in [4.69, 9.17) is 4.74 Å². The zero-order chi connectivity index (χ0) is 27.3. The molecule has 0 aliphatic rings. The molecule has 0 aliphatic carbocycles. The summed E-state index contributed by atoms with van der Waals surface area (Å²) in [5.74, 6) is -0.176. The molecule has 6 heteroatoms. The molecule has 2 amide bonds. The Hall–Kier alpha value is -3.38. The van der Waals surface area contributed by atoms with E-state index in [1.807, 2.05) is 41.3 Å². The van der Waals surface area contributed by atoms with Gasteiger partial charge in [-0.2, -0.15) is 0 Å². The summed E-state index contributed by atoms with van der Waals surface area (Å²) >= 11 is 0. The van der Waals surface area contributed by atoms with Gasteiger partial charge in [0.15, 0.2) is 0 Å². The van der Waals surface area contributed by atoms with Crippen molar-refractivity contribution < 1.29 is 14.3 Å². The number of aromatic nitrogens is 1. The van der Waals surface area contributed by atoms with E-state index in [0.717, 1.165) is 37.1 Å². The normalized spacial score (nSPS) is 11.8. The van der Waals surface area contributed by atoms with Crippen LogP contribution in [-0.2, 0) is 34.0 Å². The van der Waals surface area contributed by atoms with Crippen molar-refractivity contribution in [1.29, 1.82) is 0 Å². The second-order valence-corrected chi connectivity index (χ2v) is 9.98. The van der Waals surface area contributed by atoms with Crippen molar-refractivity contribution in [2.24, 2.45) is 0 Å². The van der Waals surface area contributed by atoms with E-state index in [9.17, 15) is 9.59 Å². The number of carbonyl (C=O) groups excluding carboxylic acids is 2. The number of hydrogen-bond donors (Lipinski definition) is 0.